The summed E-state index contributed by atoms with van der Waals surface area (Å²) in [6.45, 7) is 5.69. The van der Waals surface area contributed by atoms with Crippen LogP contribution in [-0.4, -0.2) is 32.4 Å². The van der Waals surface area contributed by atoms with Gasteiger partial charge in [-0.15, -0.1) is 0 Å². The van der Waals surface area contributed by atoms with Gasteiger partial charge in [0, 0.05) is 12.3 Å². The van der Waals surface area contributed by atoms with Gasteiger partial charge in [-0.2, -0.15) is 0 Å². The van der Waals surface area contributed by atoms with E-state index in [1.54, 1.807) is 18.2 Å². The molecule has 20 heavy (non-hydrogen) atoms. The van der Waals surface area contributed by atoms with Gasteiger partial charge in [0.1, 0.15) is 17.9 Å². The van der Waals surface area contributed by atoms with Gasteiger partial charge >= 0.3 is 5.97 Å². The molecule has 112 valence electrons. The molecule has 0 atom stereocenters. The molecule has 0 aliphatic heterocycles. The van der Waals surface area contributed by atoms with Crippen molar-refractivity contribution in [3.63, 3.8) is 0 Å². The second-order valence-electron chi connectivity index (χ2n) is 4.26. The molecule has 1 aromatic carbocycles. The topological polar surface area (TPSA) is 70.8 Å². The van der Waals surface area contributed by atoms with Crippen molar-refractivity contribution in [2.75, 3.05) is 32.2 Å². The Balaban J connectivity index is 2.50. The molecule has 0 saturated heterocycles. The van der Waals surface area contributed by atoms with E-state index in [9.17, 15) is 4.79 Å². The standard InChI is InChI=1S/C15H23NO4/c1-3-5-9-18-10-11-20-15(17)14-12(16)7-6-8-13(14)19-4-2/h6-8H,3-5,9-11,16H2,1-2H3. The fraction of sp³-hybridized carbons (Fsp3) is 0.533. The molecule has 0 aliphatic rings. The highest BCUT2D eigenvalue weighted by Gasteiger charge is 2.17. The summed E-state index contributed by atoms with van der Waals surface area (Å²) < 4.78 is 15.9. The van der Waals surface area contributed by atoms with Crippen LogP contribution in [0.2, 0.25) is 0 Å². The number of nitrogens with two attached hydrogens (primary N) is 1. The normalized spacial score (nSPS) is 10.3. The molecule has 0 spiro atoms. The number of nitrogen functional groups attached to an aromatic ring is 1. The van der Waals surface area contributed by atoms with Gasteiger partial charge in [0.2, 0.25) is 0 Å². The van der Waals surface area contributed by atoms with Gasteiger partial charge in [-0.05, 0) is 25.5 Å². The van der Waals surface area contributed by atoms with Crippen molar-refractivity contribution in [1.29, 1.82) is 0 Å². The van der Waals surface area contributed by atoms with Crippen LogP contribution in [0.5, 0.6) is 5.75 Å². The average molecular weight is 281 g/mol. The summed E-state index contributed by atoms with van der Waals surface area (Å²) >= 11 is 0. The molecule has 0 fully saturated rings. The first-order valence-electron chi connectivity index (χ1n) is 6.96. The van der Waals surface area contributed by atoms with Crippen LogP contribution >= 0.6 is 0 Å². The quantitative estimate of drug-likeness (QED) is 0.428. The second-order valence-corrected chi connectivity index (χ2v) is 4.26. The van der Waals surface area contributed by atoms with Gasteiger partial charge in [0.25, 0.3) is 0 Å². The maximum Gasteiger partial charge on any atom is 0.344 e. The van der Waals surface area contributed by atoms with Gasteiger partial charge in [0.05, 0.1) is 13.2 Å². The summed E-state index contributed by atoms with van der Waals surface area (Å²) in [5.41, 5.74) is 6.45. The Bertz CT molecular complexity index is 420. The van der Waals surface area contributed by atoms with E-state index in [2.05, 4.69) is 6.92 Å². The van der Waals surface area contributed by atoms with Gasteiger partial charge < -0.3 is 19.9 Å². The molecule has 2 N–H and O–H groups in total. The minimum Gasteiger partial charge on any atom is -0.493 e. The number of anilines is 1. The fourth-order valence-electron chi connectivity index (χ4n) is 1.66. The number of unbranched alkanes of at least 4 members (excludes halogenated alkanes) is 1. The number of ether oxygens (including phenoxy) is 3. The van der Waals surface area contributed by atoms with E-state index < -0.39 is 5.97 Å². The third-order valence-electron chi connectivity index (χ3n) is 2.67. The highest BCUT2D eigenvalue weighted by Crippen LogP contribution is 2.25. The lowest BCUT2D eigenvalue weighted by Gasteiger charge is -2.12. The Morgan fingerprint density at radius 2 is 2.00 bits per heavy atom. The SMILES string of the molecule is CCCCOCCOC(=O)c1c(N)cccc1OCC. The Kier molecular flexibility index (Phi) is 7.50. The van der Waals surface area contributed by atoms with E-state index >= 15 is 0 Å². The first-order chi connectivity index (χ1) is 9.70. The molecule has 0 amide bonds. The van der Waals surface area contributed by atoms with E-state index in [-0.39, 0.29) is 12.2 Å². The number of hydrogen-bond donors (Lipinski definition) is 1. The summed E-state index contributed by atoms with van der Waals surface area (Å²) in [6.07, 6.45) is 2.09. The van der Waals surface area contributed by atoms with E-state index in [0.717, 1.165) is 12.8 Å². The van der Waals surface area contributed by atoms with Gasteiger partial charge in [0.15, 0.2) is 0 Å². The highest BCUT2D eigenvalue weighted by molar-refractivity contribution is 5.98. The molecule has 0 bridgehead atoms. The zero-order valence-corrected chi connectivity index (χ0v) is 12.2. The zero-order valence-electron chi connectivity index (χ0n) is 12.2. The van der Waals surface area contributed by atoms with E-state index in [1.807, 2.05) is 6.92 Å². The summed E-state index contributed by atoms with van der Waals surface area (Å²) in [7, 11) is 0. The van der Waals surface area contributed by atoms with Crippen LogP contribution in [0, 0.1) is 0 Å². The van der Waals surface area contributed by atoms with Crippen LogP contribution in [0.1, 0.15) is 37.0 Å². The van der Waals surface area contributed by atoms with Crippen molar-refractivity contribution in [3.05, 3.63) is 23.8 Å². The Morgan fingerprint density at radius 3 is 2.70 bits per heavy atom. The fourth-order valence-corrected chi connectivity index (χ4v) is 1.66. The van der Waals surface area contributed by atoms with Gasteiger partial charge in [-0.3, -0.25) is 0 Å². The van der Waals surface area contributed by atoms with Gasteiger partial charge in [-0.25, -0.2) is 4.79 Å². The van der Waals surface area contributed by atoms with Crippen LogP contribution in [0.3, 0.4) is 0 Å². The molecule has 1 aromatic rings. The molecular weight excluding hydrogens is 258 g/mol. The van der Waals surface area contributed by atoms with Crippen molar-refractivity contribution in [3.8, 4) is 5.75 Å². The Labute approximate surface area is 120 Å². The summed E-state index contributed by atoms with van der Waals surface area (Å²) in [5, 5.41) is 0. The predicted molar refractivity (Wildman–Crippen MR) is 78.0 cm³/mol. The minimum absolute atomic E-state index is 0.211. The summed E-state index contributed by atoms with van der Waals surface area (Å²) in [4.78, 5) is 12.0. The lowest BCUT2D eigenvalue weighted by atomic mass is 10.1. The van der Waals surface area contributed by atoms with E-state index in [4.69, 9.17) is 19.9 Å². The van der Waals surface area contributed by atoms with E-state index in [1.165, 1.54) is 0 Å². The molecule has 0 unspecified atom stereocenters. The highest BCUT2D eigenvalue weighted by atomic mass is 16.6. The molecule has 0 heterocycles. The molecule has 1 rings (SSSR count). The Morgan fingerprint density at radius 1 is 1.20 bits per heavy atom. The van der Waals surface area contributed by atoms with Crippen LogP contribution in [0.4, 0.5) is 5.69 Å². The molecule has 0 aliphatic carbocycles. The third kappa shape index (κ3) is 5.09. The zero-order chi connectivity index (χ0) is 14.8. The molecule has 5 nitrogen and oxygen atoms in total. The summed E-state index contributed by atoms with van der Waals surface area (Å²) in [5.74, 6) is -0.0324. The number of carbonyl (C=O) groups excluding carboxylic acids is 1. The lowest BCUT2D eigenvalue weighted by molar-refractivity contribution is 0.0311. The molecule has 0 saturated carbocycles. The van der Waals surface area contributed by atoms with Crippen molar-refractivity contribution in [2.45, 2.75) is 26.7 Å². The van der Waals surface area contributed by atoms with Crippen LogP contribution < -0.4 is 10.5 Å². The molecule has 5 heteroatoms. The van der Waals surface area contributed by atoms with Crippen molar-refractivity contribution >= 4 is 11.7 Å². The predicted octanol–water partition coefficient (Wildman–Crippen LogP) is 2.64. The number of carbonyl (C=O) groups is 1. The van der Waals surface area contributed by atoms with Crippen LogP contribution in [0.25, 0.3) is 0 Å². The number of benzene rings is 1. The van der Waals surface area contributed by atoms with Crippen LogP contribution in [0.15, 0.2) is 18.2 Å². The molecular formula is C15H23NO4. The largest absolute Gasteiger partial charge is 0.493 e. The van der Waals surface area contributed by atoms with Crippen molar-refractivity contribution in [2.24, 2.45) is 0 Å². The van der Waals surface area contributed by atoms with E-state index in [0.29, 0.717) is 31.3 Å². The van der Waals surface area contributed by atoms with Crippen molar-refractivity contribution in [1.82, 2.24) is 0 Å². The lowest BCUT2D eigenvalue weighted by Crippen LogP contribution is -2.14. The van der Waals surface area contributed by atoms with Gasteiger partial charge in [-0.1, -0.05) is 19.4 Å². The smallest absolute Gasteiger partial charge is 0.344 e. The number of esters is 1. The number of hydrogen-bond acceptors (Lipinski definition) is 5. The first-order valence-corrected chi connectivity index (χ1v) is 6.96. The third-order valence-corrected chi connectivity index (χ3v) is 2.67. The maximum atomic E-state index is 12.0. The maximum absolute atomic E-state index is 12.0. The first kappa shape index (κ1) is 16.3. The minimum atomic E-state index is -0.481. The summed E-state index contributed by atoms with van der Waals surface area (Å²) in [6, 6.07) is 5.09. The van der Waals surface area contributed by atoms with Crippen LogP contribution in [-0.2, 0) is 9.47 Å². The Hall–Kier alpha value is -1.75. The molecule has 0 aromatic heterocycles. The second kappa shape index (κ2) is 9.20. The molecule has 0 radical (unpaired) electrons. The number of rotatable bonds is 9. The van der Waals surface area contributed by atoms with Crippen molar-refractivity contribution < 1.29 is 19.0 Å². The average Bonchev–Trinajstić information content (AvgIpc) is 2.43. The monoisotopic (exact) mass is 281 g/mol.